The van der Waals surface area contributed by atoms with Crippen LogP contribution in [0.25, 0.3) is 16.3 Å². The predicted octanol–water partition coefficient (Wildman–Crippen LogP) is 6.58. The Morgan fingerprint density at radius 1 is 1.00 bits per heavy atom. The van der Waals surface area contributed by atoms with E-state index < -0.39 is 22.8 Å². The second-order valence-corrected chi connectivity index (χ2v) is 12.1. The van der Waals surface area contributed by atoms with E-state index in [1.807, 2.05) is 19.1 Å². The summed E-state index contributed by atoms with van der Waals surface area (Å²) < 4.78 is 1.32. The van der Waals surface area contributed by atoms with Crippen LogP contribution >= 0.6 is 23.1 Å². The number of thiazole rings is 1. The zero-order valence-electron chi connectivity index (χ0n) is 23.3. The van der Waals surface area contributed by atoms with Gasteiger partial charge < -0.3 is 5.32 Å². The van der Waals surface area contributed by atoms with Crippen LogP contribution in [0.2, 0.25) is 0 Å². The van der Waals surface area contributed by atoms with Crippen molar-refractivity contribution in [3.05, 3.63) is 123 Å². The number of barbiturate groups is 1. The van der Waals surface area contributed by atoms with Crippen molar-refractivity contribution in [3.63, 3.8) is 0 Å². The van der Waals surface area contributed by atoms with Crippen LogP contribution in [0.15, 0.2) is 106 Å². The number of anilines is 2. The van der Waals surface area contributed by atoms with Gasteiger partial charge in [-0.25, -0.2) is 14.7 Å². The first kappa shape index (κ1) is 29.4. The highest BCUT2D eigenvalue weighted by Crippen LogP contribution is 2.40. The number of para-hydroxylation sites is 1. The quantitative estimate of drug-likeness (QED) is 0.0880. The predicted molar refractivity (Wildman–Crippen MR) is 171 cm³/mol. The highest BCUT2D eigenvalue weighted by atomic mass is 32.2. The molecule has 0 bridgehead atoms. The fraction of sp³-hybridized carbons (Fsp3) is 0.0312. The number of carbonyl (C=O) groups excluding carboxylic acids is 4. The van der Waals surface area contributed by atoms with Gasteiger partial charge in [-0.05, 0) is 66.6 Å². The van der Waals surface area contributed by atoms with Crippen LogP contribution in [-0.4, -0.2) is 33.7 Å². The van der Waals surface area contributed by atoms with Crippen molar-refractivity contribution in [2.45, 2.75) is 16.2 Å². The van der Waals surface area contributed by atoms with E-state index in [4.69, 9.17) is 0 Å². The van der Waals surface area contributed by atoms with Gasteiger partial charge in [-0.1, -0.05) is 54.2 Å². The summed E-state index contributed by atoms with van der Waals surface area (Å²) in [5.74, 6) is -1.98. The summed E-state index contributed by atoms with van der Waals surface area (Å²) >= 11 is 2.41. The monoisotopic (exact) mass is 635 g/mol. The average molecular weight is 636 g/mol. The zero-order valence-corrected chi connectivity index (χ0v) is 25.0. The summed E-state index contributed by atoms with van der Waals surface area (Å²) in [6.45, 7) is 1.86. The zero-order chi connectivity index (χ0) is 31.7. The molecule has 2 N–H and O–H groups in total. The minimum Gasteiger partial charge on any atom is -0.322 e. The molecular weight excluding hydrogens is 615 g/mol. The highest BCUT2D eigenvalue weighted by molar-refractivity contribution is 8.01. The molecule has 0 unspecified atom stereocenters. The van der Waals surface area contributed by atoms with Crippen LogP contribution in [0.3, 0.4) is 0 Å². The Labute approximate surface area is 263 Å². The summed E-state index contributed by atoms with van der Waals surface area (Å²) in [7, 11) is 0. The number of hydrogen-bond donors (Lipinski definition) is 2. The van der Waals surface area contributed by atoms with E-state index in [2.05, 4.69) is 15.6 Å². The van der Waals surface area contributed by atoms with Gasteiger partial charge in [0.2, 0.25) is 0 Å². The molecule has 1 aliphatic heterocycles. The fourth-order valence-corrected chi connectivity index (χ4v) is 6.78. The van der Waals surface area contributed by atoms with Gasteiger partial charge in [0, 0.05) is 17.3 Å². The van der Waals surface area contributed by atoms with Gasteiger partial charge >= 0.3 is 6.03 Å². The highest BCUT2D eigenvalue weighted by Gasteiger charge is 2.36. The minimum absolute atomic E-state index is 0.227. The lowest BCUT2D eigenvalue weighted by Gasteiger charge is -2.26. The molecule has 6 rings (SSSR count). The van der Waals surface area contributed by atoms with Gasteiger partial charge in [-0.15, -0.1) is 11.3 Å². The number of nitrogens with one attached hydrogen (secondary N) is 2. The molecule has 13 heteroatoms. The van der Waals surface area contributed by atoms with Gasteiger partial charge in [0.1, 0.15) is 5.57 Å². The number of rotatable bonds is 7. The molecule has 5 aromatic rings. The van der Waals surface area contributed by atoms with Gasteiger partial charge in [0.15, 0.2) is 4.34 Å². The largest absolute Gasteiger partial charge is 0.335 e. The van der Waals surface area contributed by atoms with Gasteiger partial charge in [-0.2, -0.15) is 0 Å². The van der Waals surface area contributed by atoms with Crippen molar-refractivity contribution in [1.29, 1.82) is 0 Å². The molecule has 1 fully saturated rings. The summed E-state index contributed by atoms with van der Waals surface area (Å²) in [5, 5.41) is 17.1. The van der Waals surface area contributed by atoms with Gasteiger partial charge in [-0.3, -0.25) is 29.8 Å². The first-order chi connectivity index (χ1) is 21.7. The molecule has 0 atom stereocenters. The lowest BCUT2D eigenvalue weighted by Crippen LogP contribution is -2.54. The number of fused-ring (bicyclic) bond motifs is 1. The van der Waals surface area contributed by atoms with Gasteiger partial charge in [0.25, 0.3) is 23.4 Å². The fourth-order valence-electron chi connectivity index (χ4n) is 4.63. The summed E-state index contributed by atoms with van der Waals surface area (Å²) in [4.78, 5) is 68.1. The van der Waals surface area contributed by atoms with E-state index in [9.17, 15) is 29.3 Å². The number of nitro groups is 1. The number of imide groups is 2. The van der Waals surface area contributed by atoms with Gasteiger partial charge in [0.05, 0.1) is 25.7 Å². The molecule has 222 valence electrons. The maximum Gasteiger partial charge on any atom is 0.335 e. The van der Waals surface area contributed by atoms with E-state index in [1.165, 1.54) is 29.5 Å². The second-order valence-electron chi connectivity index (χ2n) is 9.81. The van der Waals surface area contributed by atoms with Crippen molar-refractivity contribution in [2.24, 2.45) is 0 Å². The molecule has 1 saturated heterocycles. The molecule has 2 heterocycles. The second kappa shape index (κ2) is 12.1. The average Bonchev–Trinajstić information content (AvgIpc) is 3.42. The van der Waals surface area contributed by atoms with Crippen molar-refractivity contribution in [1.82, 2.24) is 10.3 Å². The smallest absolute Gasteiger partial charge is 0.322 e. The number of nitrogens with zero attached hydrogens (tertiary/aromatic N) is 3. The molecule has 4 aromatic carbocycles. The first-order valence-corrected chi connectivity index (χ1v) is 15.0. The Bertz CT molecular complexity index is 2080. The summed E-state index contributed by atoms with van der Waals surface area (Å²) in [6.07, 6.45) is 1.21. The normalized spacial score (nSPS) is 14.1. The number of amides is 5. The minimum atomic E-state index is -0.901. The number of carbonyl (C=O) groups is 4. The molecule has 5 amide bonds. The SMILES string of the molecule is Cc1ccccc1C(=O)Nc1ccc2nc(Sc3ccc(/C=C4\C(=O)NC(=O)N(c5ccccc5)C4=O)cc3[N+](=O)[O-])sc2c1. The van der Waals surface area contributed by atoms with Crippen LogP contribution in [0.5, 0.6) is 0 Å². The molecule has 45 heavy (non-hydrogen) atoms. The Hall–Kier alpha value is -5.66. The Balaban J connectivity index is 1.24. The van der Waals surface area contributed by atoms with Crippen molar-refractivity contribution in [2.75, 3.05) is 10.2 Å². The number of nitro benzene ring substituents is 1. The summed E-state index contributed by atoms with van der Waals surface area (Å²) in [6, 6.07) is 24.1. The molecule has 1 aromatic heterocycles. The van der Waals surface area contributed by atoms with E-state index in [-0.39, 0.29) is 28.4 Å². The van der Waals surface area contributed by atoms with Crippen LogP contribution in [0.1, 0.15) is 21.5 Å². The van der Waals surface area contributed by atoms with E-state index >= 15 is 0 Å². The third-order valence-corrected chi connectivity index (χ3v) is 8.96. The number of aromatic nitrogens is 1. The third-order valence-electron chi connectivity index (χ3n) is 6.82. The molecule has 11 nitrogen and oxygen atoms in total. The molecule has 0 radical (unpaired) electrons. The van der Waals surface area contributed by atoms with E-state index in [1.54, 1.807) is 66.7 Å². The molecule has 0 aliphatic carbocycles. The standard InChI is InChI=1S/C32H21N5O6S2/c1-18-7-5-6-10-22(18)28(38)33-20-12-13-24-27(17-20)45-32(34-24)44-26-14-11-19(16-25(26)37(42)43)15-23-29(39)35-31(41)36(30(23)40)21-8-3-2-4-9-21/h2-17H,1H3,(H,33,38)(H,35,39,41)/b23-15+. The van der Waals surface area contributed by atoms with Crippen LogP contribution < -0.4 is 15.5 Å². The Morgan fingerprint density at radius 3 is 2.51 bits per heavy atom. The number of benzene rings is 4. The van der Waals surface area contributed by atoms with Crippen molar-refractivity contribution in [3.8, 4) is 0 Å². The lowest BCUT2D eigenvalue weighted by atomic mass is 10.1. The number of aryl methyl sites for hydroxylation is 1. The van der Waals surface area contributed by atoms with Crippen molar-refractivity contribution < 1.29 is 24.1 Å². The molecule has 0 spiro atoms. The summed E-state index contributed by atoms with van der Waals surface area (Å²) in [5.41, 5.74) is 2.59. The number of urea groups is 1. The number of hydrogen-bond acceptors (Lipinski definition) is 9. The topological polar surface area (TPSA) is 152 Å². The van der Waals surface area contributed by atoms with Crippen molar-refractivity contribution >= 4 is 80.2 Å². The molecular formula is C32H21N5O6S2. The third kappa shape index (κ3) is 6.07. The Kier molecular flexibility index (Phi) is 7.94. The first-order valence-electron chi connectivity index (χ1n) is 13.4. The van der Waals surface area contributed by atoms with Crippen LogP contribution in [-0.2, 0) is 9.59 Å². The van der Waals surface area contributed by atoms with E-state index in [0.29, 0.717) is 26.0 Å². The maximum atomic E-state index is 13.1. The maximum absolute atomic E-state index is 13.1. The Morgan fingerprint density at radius 2 is 1.76 bits per heavy atom. The van der Waals surface area contributed by atoms with E-state index in [0.717, 1.165) is 26.9 Å². The lowest BCUT2D eigenvalue weighted by molar-refractivity contribution is -0.387. The van der Waals surface area contributed by atoms with Crippen LogP contribution in [0.4, 0.5) is 21.9 Å². The molecule has 0 saturated carbocycles. The molecule has 1 aliphatic rings. The van der Waals surface area contributed by atoms with Crippen LogP contribution in [0, 0.1) is 17.0 Å².